The Morgan fingerprint density at radius 2 is 2.50 bits per heavy atom. The van der Waals surface area contributed by atoms with Gasteiger partial charge in [-0.15, -0.1) is 11.3 Å². The minimum atomic E-state index is -0.616. The van der Waals surface area contributed by atoms with E-state index in [1.165, 1.54) is 17.7 Å². The summed E-state index contributed by atoms with van der Waals surface area (Å²) in [7, 11) is 0. The van der Waals surface area contributed by atoms with Gasteiger partial charge in [-0.05, 0) is 19.1 Å². The van der Waals surface area contributed by atoms with Crippen molar-refractivity contribution < 1.29 is 14.3 Å². The lowest BCUT2D eigenvalue weighted by atomic mass is 10.1. The molecule has 6 heteroatoms. The van der Waals surface area contributed by atoms with Crippen molar-refractivity contribution in [1.29, 1.82) is 0 Å². The van der Waals surface area contributed by atoms with Crippen molar-refractivity contribution in [2.75, 3.05) is 6.61 Å². The predicted octanol–water partition coefficient (Wildman–Crippen LogP) is 2.43. The Labute approximate surface area is 102 Å². The summed E-state index contributed by atoms with van der Waals surface area (Å²) >= 11 is 7.21. The van der Waals surface area contributed by atoms with Gasteiger partial charge in [0.1, 0.15) is 0 Å². The molecule has 2 heterocycles. The second kappa shape index (κ2) is 4.84. The number of ether oxygens (including phenoxy) is 2. The Hall–Kier alpha value is -1.07. The van der Waals surface area contributed by atoms with E-state index in [4.69, 9.17) is 21.1 Å². The van der Waals surface area contributed by atoms with Crippen molar-refractivity contribution in [3.8, 4) is 0 Å². The third kappa shape index (κ3) is 2.20. The first kappa shape index (κ1) is 11.4. The summed E-state index contributed by atoms with van der Waals surface area (Å²) in [6, 6.07) is 2.99. The second-order valence-electron chi connectivity index (χ2n) is 3.15. The van der Waals surface area contributed by atoms with Gasteiger partial charge in [0.05, 0.1) is 10.9 Å². The van der Waals surface area contributed by atoms with Crippen LogP contribution in [0.15, 0.2) is 17.1 Å². The quantitative estimate of drug-likeness (QED) is 0.784. The van der Waals surface area contributed by atoms with Crippen molar-refractivity contribution in [2.45, 2.75) is 19.1 Å². The zero-order chi connectivity index (χ0) is 11.5. The number of hydrogen-bond donors (Lipinski definition) is 0. The van der Waals surface area contributed by atoms with E-state index in [2.05, 4.69) is 4.99 Å². The molecule has 2 unspecified atom stereocenters. The maximum absolute atomic E-state index is 11.6. The smallest absolute Gasteiger partial charge is 0.335 e. The number of esters is 1. The fourth-order valence-electron chi connectivity index (χ4n) is 1.43. The number of carbonyl (C=O) groups excluding carboxylic acids is 1. The largest absolute Gasteiger partial charge is 0.472 e. The minimum Gasteiger partial charge on any atom is -0.472 e. The zero-order valence-corrected chi connectivity index (χ0v) is 10.1. The molecule has 0 fully saturated rings. The molecule has 1 aliphatic rings. The summed E-state index contributed by atoms with van der Waals surface area (Å²) in [5.41, 5.74) is 0. The van der Waals surface area contributed by atoms with Crippen LogP contribution in [0.25, 0.3) is 0 Å². The van der Waals surface area contributed by atoms with Crippen LogP contribution in [-0.2, 0) is 14.3 Å². The number of thiophene rings is 1. The Balaban J connectivity index is 2.13. The van der Waals surface area contributed by atoms with Crippen LogP contribution < -0.4 is 0 Å². The van der Waals surface area contributed by atoms with Crippen LogP contribution in [0.2, 0.25) is 4.34 Å². The van der Waals surface area contributed by atoms with Gasteiger partial charge in [-0.1, -0.05) is 11.6 Å². The van der Waals surface area contributed by atoms with Gasteiger partial charge in [0, 0.05) is 4.88 Å². The van der Waals surface area contributed by atoms with E-state index < -0.39 is 12.1 Å². The molecule has 1 aromatic heterocycles. The summed E-state index contributed by atoms with van der Waals surface area (Å²) in [5, 5.41) is 0. The molecule has 0 bridgehead atoms. The fourth-order valence-corrected chi connectivity index (χ4v) is 2.56. The van der Waals surface area contributed by atoms with E-state index in [1.807, 2.05) is 6.07 Å². The third-order valence-corrected chi connectivity index (χ3v) is 3.41. The molecule has 16 heavy (non-hydrogen) atoms. The van der Waals surface area contributed by atoms with Crippen LogP contribution in [0, 0.1) is 0 Å². The minimum absolute atomic E-state index is 0.336. The summed E-state index contributed by atoms with van der Waals surface area (Å²) in [5.74, 6) is -0.370. The van der Waals surface area contributed by atoms with Crippen molar-refractivity contribution in [2.24, 2.45) is 4.99 Å². The zero-order valence-electron chi connectivity index (χ0n) is 8.55. The van der Waals surface area contributed by atoms with Crippen LogP contribution in [0.5, 0.6) is 0 Å². The van der Waals surface area contributed by atoms with Gasteiger partial charge < -0.3 is 9.47 Å². The van der Waals surface area contributed by atoms with E-state index in [0.717, 1.165) is 4.88 Å². The molecule has 0 N–H and O–H groups in total. The summed E-state index contributed by atoms with van der Waals surface area (Å²) < 4.78 is 10.9. The van der Waals surface area contributed by atoms with Gasteiger partial charge in [-0.25, -0.2) is 9.79 Å². The van der Waals surface area contributed by atoms with Crippen molar-refractivity contribution in [3.63, 3.8) is 0 Å². The van der Waals surface area contributed by atoms with Gasteiger partial charge in [-0.2, -0.15) is 0 Å². The average molecular weight is 260 g/mol. The van der Waals surface area contributed by atoms with Gasteiger partial charge in [0.15, 0.2) is 18.5 Å². The number of nitrogens with zero attached hydrogens (tertiary/aromatic N) is 1. The van der Waals surface area contributed by atoms with Crippen LogP contribution >= 0.6 is 22.9 Å². The maximum atomic E-state index is 11.6. The van der Waals surface area contributed by atoms with Crippen molar-refractivity contribution >= 4 is 35.3 Å². The number of hydrogen-bond acceptors (Lipinski definition) is 5. The number of halogens is 1. The highest BCUT2D eigenvalue weighted by Gasteiger charge is 2.36. The topological polar surface area (TPSA) is 47.9 Å². The molecule has 86 valence electrons. The molecular formula is C10H10ClNO3S. The first-order valence-electron chi connectivity index (χ1n) is 4.81. The van der Waals surface area contributed by atoms with E-state index in [1.54, 1.807) is 13.0 Å². The molecule has 4 nitrogen and oxygen atoms in total. The molecule has 0 saturated heterocycles. The fraction of sp³-hybridized carbons (Fsp3) is 0.400. The molecule has 1 aromatic rings. The molecule has 2 atom stereocenters. The predicted molar refractivity (Wildman–Crippen MR) is 62.1 cm³/mol. The highest BCUT2D eigenvalue weighted by atomic mass is 35.5. The highest BCUT2D eigenvalue weighted by Crippen LogP contribution is 2.34. The standard InChI is InChI=1S/C10H10ClNO3S/c1-2-14-10(13)8-9(15-5-12-8)6-3-4-7(11)16-6/h3-5,8-9H,2H2,1H3. The SMILES string of the molecule is CCOC(=O)C1N=COC1c1ccc(Cl)s1. The molecule has 1 aliphatic heterocycles. The van der Waals surface area contributed by atoms with Gasteiger partial charge in [-0.3, -0.25) is 0 Å². The Morgan fingerprint density at radius 3 is 3.12 bits per heavy atom. The monoisotopic (exact) mass is 259 g/mol. The summed E-state index contributed by atoms with van der Waals surface area (Å²) in [4.78, 5) is 16.4. The number of carbonyl (C=O) groups is 1. The van der Waals surface area contributed by atoms with E-state index in [9.17, 15) is 4.79 Å². The van der Waals surface area contributed by atoms with Crippen LogP contribution in [0.3, 0.4) is 0 Å². The first-order valence-corrected chi connectivity index (χ1v) is 6.00. The molecule has 0 amide bonds. The highest BCUT2D eigenvalue weighted by molar-refractivity contribution is 7.16. The molecule has 0 radical (unpaired) electrons. The first-order chi connectivity index (χ1) is 7.72. The second-order valence-corrected chi connectivity index (χ2v) is 4.90. The number of aliphatic imine (C=N–C) groups is 1. The summed E-state index contributed by atoms with van der Waals surface area (Å²) in [6.45, 7) is 2.09. The molecule has 0 aromatic carbocycles. The normalized spacial score (nSPS) is 23.1. The number of rotatable bonds is 3. The van der Waals surface area contributed by atoms with E-state index >= 15 is 0 Å². The third-order valence-electron chi connectivity index (χ3n) is 2.12. The average Bonchev–Trinajstić information content (AvgIpc) is 2.85. The van der Waals surface area contributed by atoms with E-state index in [0.29, 0.717) is 10.9 Å². The molecule has 0 spiro atoms. The van der Waals surface area contributed by atoms with Crippen LogP contribution in [0.4, 0.5) is 0 Å². The lowest BCUT2D eigenvalue weighted by Gasteiger charge is -2.14. The molecule has 2 rings (SSSR count). The van der Waals surface area contributed by atoms with Gasteiger partial charge in [0.2, 0.25) is 0 Å². The van der Waals surface area contributed by atoms with Crippen LogP contribution in [-0.4, -0.2) is 25.0 Å². The lowest BCUT2D eigenvalue weighted by molar-refractivity contribution is -0.146. The van der Waals surface area contributed by atoms with E-state index in [-0.39, 0.29) is 5.97 Å². The Kier molecular flexibility index (Phi) is 3.46. The molecule has 0 saturated carbocycles. The molecular weight excluding hydrogens is 250 g/mol. The Morgan fingerprint density at radius 1 is 1.69 bits per heavy atom. The van der Waals surface area contributed by atoms with Crippen molar-refractivity contribution in [3.05, 3.63) is 21.3 Å². The van der Waals surface area contributed by atoms with Crippen LogP contribution in [0.1, 0.15) is 17.9 Å². The Bertz CT molecular complexity index is 418. The van der Waals surface area contributed by atoms with Crippen molar-refractivity contribution in [1.82, 2.24) is 0 Å². The van der Waals surface area contributed by atoms with Gasteiger partial charge >= 0.3 is 5.97 Å². The lowest BCUT2D eigenvalue weighted by Crippen LogP contribution is -2.25. The maximum Gasteiger partial charge on any atom is 0.335 e. The summed E-state index contributed by atoms with van der Waals surface area (Å²) in [6.07, 6.45) is 0.886. The molecule has 0 aliphatic carbocycles. The van der Waals surface area contributed by atoms with Gasteiger partial charge in [0.25, 0.3) is 0 Å².